The molecule has 3 aromatic heterocycles. The third kappa shape index (κ3) is 2.19. The molecule has 0 saturated carbocycles. The third-order valence-corrected chi connectivity index (χ3v) is 12.8. The Kier molecular flexibility index (Phi) is 3.93. The van der Waals surface area contributed by atoms with Crippen molar-refractivity contribution < 1.29 is 0 Å². The van der Waals surface area contributed by atoms with E-state index in [1.807, 2.05) is 34.0 Å². The highest BCUT2D eigenvalue weighted by molar-refractivity contribution is 8.15. The molecule has 0 saturated heterocycles. The molecule has 3 aromatic rings. The Morgan fingerprint density at radius 3 is 1.91 bits per heavy atom. The van der Waals surface area contributed by atoms with Crippen molar-refractivity contribution in [2.75, 3.05) is 19.5 Å². The lowest BCUT2D eigenvalue weighted by Crippen LogP contribution is -2.57. The smallest absolute Gasteiger partial charge is 0.187 e. The van der Waals surface area contributed by atoms with E-state index in [9.17, 15) is 0 Å². The number of hydrogen-bond acceptors (Lipinski definition) is 3. The molecule has 0 nitrogen and oxygen atoms in total. The lowest BCUT2D eigenvalue weighted by Gasteiger charge is -2.43. The van der Waals surface area contributed by atoms with E-state index in [0.29, 0.717) is 0 Å². The van der Waals surface area contributed by atoms with Crippen LogP contribution in [0.25, 0.3) is 5.47 Å². The van der Waals surface area contributed by atoms with Gasteiger partial charge in [-0.3, -0.25) is 0 Å². The number of rotatable bonds is 3. The summed E-state index contributed by atoms with van der Waals surface area (Å²) in [6.45, 7) is 7.54. The van der Waals surface area contributed by atoms with Crippen molar-refractivity contribution in [3.63, 3.8) is 0 Å². The van der Waals surface area contributed by atoms with Crippen LogP contribution < -0.4 is 9.55 Å². The number of allylic oxidation sites excluding steroid dienone is 1. The zero-order valence-electron chi connectivity index (χ0n) is 13.7. The van der Waals surface area contributed by atoms with Crippen molar-refractivity contribution in [3.8, 4) is 0 Å². The van der Waals surface area contributed by atoms with Gasteiger partial charge < -0.3 is 0 Å². The first kappa shape index (κ1) is 15.8. The second-order valence-corrected chi connectivity index (χ2v) is 14.5. The summed E-state index contributed by atoms with van der Waals surface area (Å²) in [5, 5.41) is 6.74. The van der Waals surface area contributed by atoms with Crippen LogP contribution in [0.1, 0.15) is 11.8 Å². The molecule has 0 N–H and O–H groups in total. The van der Waals surface area contributed by atoms with E-state index in [4.69, 9.17) is 0 Å². The van der Waals surface area contributed by atoms with Crippen LogP contribution in [0.5, 0.6) is 0 Å². The van der Waals surface area contributed by atoms with Gasteiger partial charge in [-0.05, 0) is 34.0 Å². The molecule has 4 rings (SSSR count). The summed E-state index contributed by atoms with van der Waals surface area (Å²) in [7, 11) is -1.15. The highest BCUT2D eigenvalue weighted by Crippen LogP contribution is 2.70. The molecule has 23 heavy (non-hydrogen) atoms. The molecule has 5 heteroatoms. The van der Waals surface area contributed by atoms with Crippen molar-refractivity contribution >= 4 is 62.0 Å². The van der Waals surface area contributed by atoms with Crippen molar-refractivity contribution in [2.45, 2.75) is 6.92 Å². The van der Waals surface area contributed by atoms with Gasteiger partial charge in [0.05, 0.1) is 0 Å². The summed E-state index contributed by atoms with van der Waals surface area (Å²) in [4.78, 5) is 1.48. The van der Waals surface area contributed by atoms with Gasteiger partial charge in [-0.1, -0.05) is 35.9 Å². The van der Waals surface area contributed by atoms with Crippen molar-refractivity contribution in [1.29, 1.82) is 0 Å². The summed E-state index contributed by atoms with van der Waals surface area (Å²) in [5.41, 5.74) is 3.27. The predicted octanol–water partition coefficient (Wildman–Crippen LogP) is 5.23. The number of thiophene rings is 3. The SMILES string of the molecule is CC1=C(c2cccs2)[B-](c2cccs2)(c2cccs2)[P+](C)(C)C1. The van der Waals surface area contributed by atoms with Crippen LogP contribution in [0, 0.1) is 0 Å². The zero-order valence-corrected chi connectivity index (χ0v) is 17.0. The molecule has 0 aliphatic carbocycles. The minimum absolute atomic E-state index is 0.792. The highest BCUT2D eigenvalue weighted by atomic mass is 32.1. The van der Waals surface area contributed by atoms with Crippen LogP contribution >= 0.6 is 41.2 Å². The van der Waals surface area contributed by atoms with E-state index in [1.54, 1.807) is 20.6 Å². The maximum Gasteiger partial charge on any atom is 0.265 e. The molecule has 1 aliphatic heterocycles. The van der Waals surface area contributed by atoms with Crippen LogP contribution in [0.3, 0.4) is 0 Å². The highest BCUT2D eigenvalue weighted by Gasteiger charge is 2.57. The van der Waals surface area contributed by atoms with Gasteiger partial charge in [-0.15, -0.1) is 33.5 Å². The minimum atomic E-state index is -1.15. The molecule has 0 radical (unpaired) electrons. The normalized spacial score (nSPS) is 19.4. The van der Waals surface area contributed by atoms with Gasteiger partial charge in [0.25, 0.3) is 5.87 Å². The monoisotopic (exact) mass is 374 g/mol. The average Bonchev–Trinajstić information content (AvgIpc) is 3.26. The summed E-state index contributed by atoms with van der Waals surface area (Å²) in [5.74, 6) is -0.792. The molecule has 4 heterocycles. The Bertz CT molecular complexity index is 793. The van der Waals surface area contributed by atoms with Gasteiger partial charge in [-0.25, -0.2) is 0 Å². The molecule has 0 unspecified atom stereocenters. The lowest BCUT2D eigenvalue weighted by molar-refractivity contribution is 1.43. The van der Waals surface area contributed by atoms with Gasteiger partial charge in [0.1, 0.15) is 0 Å². The summed E-state index contributed by atoms with van der Waals surface area (Å²) < 4.78 is 3.18. The molecule has 118 valence electrons. The first-order chi connectivity index (χ1) is 11.1. The van der Waals surface area contributed by atoms with Gasteiger partial charge >= 0.3 is 0 Å². The topological polar surface area (TPSA) is 0 Å². The van der Waals surface area contributed by atoms with Crippen LogP contribution in [0.15, 0.2) is 58.1 Å². The lowest BCUT2D eigenvalue weighted by atomic mass is 9.39. The summed E-state index contributed by atoms with van der Waals surface area (Å²) in [6, 6.07) is 13.8. The van der Waals surface area contributed by atoms with E-state index in [-0.39, 0.29) is 0 Å². The van der Waals surface area contributed by atoms with Gasteiger partial charge in [0, 0.05) is 19.5 Å². The zero-order chi connectivity index (χ0) is 16.1. The van der Waals surface area contributed by atoms with Gasteiger partial charge in [0.2, 0.25) is 0 Å². The maximum atomic E-state index is 2.58. The minimum Gasteiger partial charge on any atom is -0.187 e. The van der Waals surface area contributed by atoms with E-state index in [1.165, 1.54) is 11.0 Å². The Balaban J connectivity index is 2.10. The fraction of sp³-hybridized carbons (Fsp3) is 0.222. The Morgan fingerprint density at radius 1 is 0.870 bits per heavy atom. The molecule has 0 fully saturated rings. The fourth-order valence-corrected chi connectivity index (χ4v) is 13.8. The fourth-order valence-electron chi connectivity index (χ4n) is 4.56. The van der Waals surface area contributed by atoms with Crippen molar-refractivity contribution in [1.82, 2.24) is 0 Å². The van der Waals surface area contributed by atoms with Gasteiger partial charge in [-0.2, -0.15) is 22.7 Å². The first-order valence-corrected chi connectivity index (χ1v) is 13.5. The summed E-state index contributed by atoms with van der Waals surface area (Å²) >= 11 is 5.82. The van der Waals surface area contributed by atoms with Crippen LogP contribution in [0.4, 0.5) is 0 Å². The Hall–Kier alpha value is -0.665. The molecular formula is C18H20BPS3. The molecule has 0 amide bonds. The van der Waals surface area contributed by atoms with E-state index >= 15 is 0 Å². The van der Waals surface area contributed by atoms with Crippen LogP contribution in [-0.2, 0) is 0 Å². The molecule has 1 aliphatic rings. The summed E-state index contributed by atoms with van der Waals surface area (Å²) in [6.07, 6.45) is 1.29. The average molecular weight is 374 g/mol. The second kappa shape index (κ2) is 5.70. The van der Waals surface area contributed by atoms with Crippen molar-refractivity contribution in [3.05, 3.63) is 63.0 Å². The first-order valence-electron chi connectivity index (χ1n) is 7.87. The van der Waals surface area contributed by atoms with Gasteiger partial charge in [0.15, 0.2) is 0 Å². The molecule has 0 bridgehead atoms. The van der Waals surface area contributed by atoms with Crippen LogP contribution in [-0.4, -0.2) is 25.4 Å². The van der Waals surface area contributed by atoms with E-state index in [2.05, 4.69) is 72.8 Å². The van der Waals surface area contributed by atoms with E-state index in [0.717, 1.165) is 0 Å². The molecule has 0 atom stereocenters. The largest absolute Gasteiger partial charge is 0.265 e. The van der Waals surface area contributed by atoms with Crippen molar-refractivity contribution in [2.24, 2.45) is 0 Å². The quantitative estimate of drug-likeness (QED) is 0.435. The second-order valence-electron chi connectivity index (χ2n) is 6.96. The molecule has 0 spiro atoms. The Labute approximate surface area is 151 Å². The Morgan fingerprint density at radius 2 is 1.43 bits per heavy atom. The predicted molar refractivity (Wildman–Crippen MR) is 114 cm³/mol. The third-order valence-electron chi connectivity index (χ3n) is 5.27. The molecular weight excluding hydrogens is 354 g/mol. The number of hydrogen-bond donors (Lipinski definition) is 0. The molecule has 0 aromatic carbocycles. The van der Waals surface area contributed by atoms with Crippen LogP contribution in [0.2, 0.25) is 0 Å². The standard InChI is InChI=1S/C18H20BPS3/c1-14-13-20(2,3)19(16-8-5-11-22-16,17-9-6-12-23-17)18(14)15-7-4-10-21-15/h4-12H,13H2,1-3H3. The van der Waals surface area contributed by atoms with E-state index < -0.39 is 13.0 Å². The maximum absolute atomic E-state index is 2.58.